The average molecular weight is 677 g/mol. The summed E-state index contributed by atoms with van der Waals surface area (Å²) in [6, 6.07) is 61.6. The van der Waals surface area contributed by atoms with Crippen LogP contribution < -0.4 is 0 Å². The summed E-state index contributed by atoms with van der Waals surface area (Å²) in [5, 5.41) is 16.6. The van der Waals surface area contributed by atoms with E-state index in [2.05, 4.69) is 144 Å². The van der Waals surface area contributed by atoms with Crippen LogP contribution in [0.25, 0.3) is 105 Å². The van der Waals surface area contributed by atoms with E-state index < -0.39 is 0 Å². The predicted molar refractivity (Wildman–Crippen MR) is 216 cm³/mol. The standard InChI is InChI=1S/C49H28N2O2/c50-29-35-18-22-36(34-21-25-46-41(28-34)37-14-7-8-17-45(37)52-46)47-38-15-9-16-44(49(38)53-48(35)47)51-42-23-19-32(30-10-3-1-4-11-30)26-39(42)40-27-33(20-24-43(40)51)31-12-5-2-6-13-31/h1-28H. The van der Waals surface area contributed by atoms with Crippen LogP contribution in [-0.2, 0) is 0 Å². The number of para-hydroxylation sites is 2. The maximum Gasteiger partial charge on any atom is 0.159 e. The molecule has 0 fully saturated rings. The van der Waals surface area contributed by atoms with Gasteiger partial charge in [0.15, 0.2) is 11.2 Å². The molecule has 53 heavy (non-hydrogen) atoms. The molecule has 0 saturated carbocycles. The van der Waals surface area contributed by atoms with E-state index >= 15 is 0 Å². The smallest absolute Gasteiger partial charge is 0.159 e. The first-order chi connectivity index (χ1) is 26.2. The van der Waals surface area contributed by atoms with E-state index in [1.54, 1.807) is 0 Å². The zero-order valence-electron chi connectivity index (χ0n) is 28.4. The van der Waals surface area contributed by atoms with Gasteiger partial charge in [-0.25, -0.2) is 0 Å². The minimum atomic E-state index is 0.503. The fourth-order valence-electron chi connectivity index (χ4n) is 8.19. The molecule has 4 heteroatoms. The molecule has 0 aliphatic rings. The third-order valence-electron chi connectivity index (χ3n) is 10.7. The summed E-state index contributed by atoms with van der Waals surface area (Å²) in [6.45, 7) is 0. The van der Waals surface area contributed by atoms with Gasteiger partial charge in [-0.05, 0) is 88.0 Å². The Morgan fingerprint density at radius 2 is 1.02 bits per heavy atom. The van der Waals surface area contributed by atoms with Crippen LogP contribution in [0.2, 0.25) is 0 Å². The van der Waals surface area contributed by atoms with Gasteiger partial charge in [-0.15, -0.1) is 0 Å². The average Bonchev–Trinajstić information content (AvgIpc) is 3.90. The second-order valence-electron chi connectivity index (χ2n) is 13.6. The maximum atomic E-state index is 10.3. The highest BCUT2D eigenvalue weighted by molar-refractivity contribution is 6.18. The largest absolute Gasteiger partial charge is 0.456 e. The molecular weight excluding hydrogens is 649 g/mol. The van der Waals surface area contributed by atoms with Gasteiger partial charge < -0.3 is 13.4 Å². The Kier molecular flexibility index (Phi) is 6.28. The zero-order valence-corrected chi connectivity index (χ0v) is 28.4. The Bertz CT molecular complexity index is 3190. The van der Waals surface area contributed by atoms with Gasteiger partial charge in [0.1, 0.15) is 17.2 Å². The number of furan rings is 2. The Morgan fingerprint density at radius 3 is 1.72 bits per heavy atom. The highest BCUT2D eigenvalue weighted by Crippen LogP contribution is 2.44. The quantitative estimate of drug-likeness (QED) is 0.186. The van der Waals surface area contributed by atoms with Crippen molar-refractivity contribution in [1.82, 2.24) is 4.57 Å². The molecule has 11 aromatic rings. The predicted octanol–water partition coefficient (Wildman–Crippen LogP) is 13.5. The van der Waals surface area contributed by atoms with Gasteiger partial charge >= 0.3 is 0 Å². The number of fused-ring (bicyclic) bond motifs is 9. The van der Waals surface area contributed by atoms with Crippen molar-refractivity contribution < 1.29 is 8.83 Å². The number of rotatable bonds is 4. The van der Waals surface area contributed by atoms with Gasteiger partial charge in [-0.3, -0.25) is 0 Å². The van der Waals surface area contributed by atoms with Crippen LogP contribution in [0.4, 0.5) is 0 Å². The van der Waals surface area contributed by atoms with Crippen molar-refractivity contribution in [3.63, 3.8) is 0 Å². The van der Waals surface area contributed by atoms with E-state index in [9.17, 15) is 5.26 Å². The number of nitrogens with zero attached hydrogens (tertiary/aromatic N) is 2. The highest BCUT2D eigenvalue weighted by atomic mass is 16.3. The number of hydrogen-bond donors (Lipinski definition) is 0. The Hall–Kier alpha value is -7.35. The first kappa shape index (κ1) is 29.4. The molecule has 0 amide bonds. The van der Waals surface area contributed by atoms with Crippen LogP contribution in [0.1, 0.15) is 5.56 Å². The van der Waals surface area contributed by atoms with Gasteiger partial charge in [0.2, 0.25) is 0 Å². The van der Waals surface area contributed by atoms with Crippen LogP contribution >= 0.6 is 0 Å². The third kappa shape index (κ3) is 4.41. The maximum absolute atomic E-state index is 10.3. The van der Waals surface area contributed by atoms with Crippen molar-refractivity contribution in [1.29, 1.82) is 5.26 Å². The molecule has 3 aromatic heterocycles. The Labute approximate surface area is 304 Å². The molecule has 0 unspecified atom stereocenters. The summed E-state index contributed by atoms with van der Waals surface area (Å²) < 4.78 is 15.3. The summed E-state index contributed by atoms with van der Waals surface area (Å²) in [5.74, 6) is 0. The molecule has 11 rings (SSSR count). The van der Waals surface area contributed by atoms with Crippen molar-refractivity contribution in [2.45, 2.75) is 0 Å². The minimum absolute atomic E-state index is 0.503. The fourth-order valence-corrected chi connectivity index (χ4v) is 8.19. The second-order valence-corrected chi connectivity index (χ2v) is 13.6. The second kappa shape index (κ2) is 11.3. The summed E-state index contributed by atoms with van der Waals surface area (Å²) in [7, 11) is 0. The number of nitriles is 1. The summed E-state index contributed by atoms with van der Waals surface area (Å²) in [6.07, 6.45) is 0. The van der Waals surface area contributed by atoms with Crippen molar-refractivity contribution in [2.75, 3.05) is 0 Å². The molecule has 0 bridgehead atoms. The first-order valence-electron chi connectivity index (χ1n) is 17.7. The number of hydrogen-bond acceptors (Lipinski definition) is 3. The van der Waals surface area contributed by atoms with Gasteiger partial charge in [0.05, 0.1) is 22.3 Å². The molecular formula is C49H28N2O2. The van der Waals surface area contributed by atoms with Crippen molar-refractivity contribution >= 4 is 65.7 Å². The van der Waals surface area contributed by atoms with Crippen molar-refractivity contribution in [2.24, 2.45) is 0 Å². The zero-order chi connectivity index (χ0) is 35.0. The molecule has 0 aliphatic carbocycles. The minimum Gasteiger partial charge on any atom is -0.456 e. The molecule has 0 aliphatic heterocycles. The van der Waals surface area contributed by atoms with E-state index in [0.717, 1.165) is 88.0 Å². The SMILES string of the molecule is N#Cc1ccc(-c2ccc3oc4ccccc4c3c2)c2c1oc1c(-n3c4ccc(-c5ccccc5)cc4c4cc(-c5ccccc5)ccc43)cccc12. The molecule has 3 heterocycles. The van der Waals surface area contributed by atoms with Crippen LogP contribution in [0.5, 0.6) is 0 Å². The lowest BCUT2D eigenvalue weighted by atomic mass is 9.96. The lowest BCUT2D eigenvalue weighted by Crippen LogP contribution is -1.94. The van der Waals surface area contributed by atoms with Gasteiger partial charge in [0, 0.05) is 32.3 Å². The third-order valence-corrected chi connectivity index (χ3v) is 10.7. The van der Waals surface area contributed by atoms with E-state index in [1.807, 2.05) is 36.4 Å². The molecule has 0 spiro atoms. The van der Waals surface area contributed by atoms with Gasteiger partial charge in [-0.1, -0.05) is 115 Å². The van der Waals surface area contributed by atoms with Crippen LogP contribution in [0.15, 0.2) is 179 Å². The summed E-state index contributed by atoms with van der Waals surface area (Å²) in [5.41, 5.74) is 13.3. The summed E-state index contributed by atoms with van der Waals surface area (Å²) >= 11 is 0. The van der Waals surface area contributed by atoms with Crippen LogP contribution in [0, 0.1) is 11.3 Å². The highest BCUT2D eigenvalue weighted by Gasteiger charge is 2.22. The van der Waals surface area contributed by atoms with Crippen molar-refractivity contribution in [3.8, 4) is 45.1 Å². The van der Waals surface area contributed by atoms with E-state index in [-0.39, 0.29) is 0 Å². The van der Waals surface area contributed by atoms with Crippen LogP contribution in [0.3, 0.4) is 0 Å². The van der Waals surface area contributed by atoms with Crippen LogP contribution in [-0.4, -0.2) is 4.57 Å². The van der Waals surface area contributed by atoms with Gasteiger partial charge in [-0.2, -0.15) is 5.26 Å². The molecule has 0 radical (unpaired) electrons. The number of aromatic nitrogens is 1. The molecule has 4 nitrogen and oxygen atoms in total. The summed E-state index contributed by atoms with van der Waals surface area (Å²) in [4.78, 5) is 0. The molecule has 8 aromatic carbocycles. The molecule has 0 atom stereocenters. The molecule has 0 saturated heterocycles. The fraction of sp³-hybridized carbons (Fsp3) is 0. The van der Waals surface area contributed by atoms with E-state index in [4.69, 9.17) is 8.83 Å². The van der Waals surface area contributed by atoms with Crippen molar-refractivity contribution in [3.05, 3.63) is 175 Å². The lowest BCUT2D eigenvalue weighted by Gasteiger charge is -2.10. The monoisotopic (exact) mass is 676 g/mol. The topological polar surface area (TPSA) is 55.0 Å². The lowest BCUT2D eigenvalue weighted by molar-refractivity contribution is 0.665. The first-order valence-corrected chi connectivity index (χ1v) is 17.7. The Morgan fingerprint density at radius 1 is 0.415 bits per heavy atom. The van der Waals surface area contributed by atoms with Gasteiger partial charge in [0.25, 0.3) is 0 Å². The normalized spacial score (nSPS) is 11.8. The van der Waals surface area contributed by atoms with E-state index in [0.29, 0.717) is 11.1 Å². The molecule has 0 N–H and O–H groups in total. The Balaban J connectivity index is 1.19. The van der Waals surface area contributed by atoms with E-state index in [1.165, 1.54) is 11.1 Å². The number of benzene rings is 8. The molecule has 246 valence electrons.